The first-order valence-electron chi connectivity index (χ1n) is 11.3. The molecule has 4 rings (SSSR count). The number of carbonyl (C=O) groups is 1. The van der Waals surface area contributed by atoms with Crippen LogP contribution in [0.3, 0.4) is 0 Å². The van der Waals surface area contributed by atoms with Gasteiger partial charge < -0.3 is 10.1 Å². The van der Waals surface area contributed by atoms with E-state index in [1.54, 1.807) is 12.1 Å². The third kappa shape index (κ3) is 6.63. The summed E-state index contributed by atoms with van der Waals surface area (Å²) in [6, 6.07) is 18.8. The largest absolute Gasteiger partial charge is 0.484 e. The van der Waals surface area contributed by atoms with Crippen LogP contribution in [0.4, 0.5) is 32.0 Å². The molecule has 1 amide bonds. The average molecular weight is 520 g/mol. The number of hydrogen-bond acceptors (Lipinski definition) is 3. The second kappa shape index (κ2) is 10.6. The molecule has 37 heavy (non-hydrogen) atoms. The first-order chi connectivity index (χ1) is 17.5. The van der Waals surface area contributed by atoms with Crippen molar-refractivity contribution in [2.45, 2.75) is 24.8 Å². The molecule has 194 valence electrons. The van der Waals surface area contributed by atoms with E-state index < -0.39 is 36.5 Å². The van der Waals surface area contributed by atoms with Gasteiger partial charge in [0.25, 0.3) is 5.91 Å². The maximum Gasteiger partial charge on any atom is 0.422 e. The van der Waals surface area contributed by atoms with Crippen LogP contribution in [0.25, 0.3) is 0 Å². The Kier molecular flexibility index (Phi) is 7.47. The van der Waals surface area contributed by atoms with Crippen LogP contribution in [0.5, 0.6) is 5.75 Å². The number of hydrogen-bond donors (Lipinski definition) is 1. The molecule has 1 aliphatic heterocycles. The minimum atomic E-state index is -4.54. The third-order valence-corrected chi connectivity index (χ3v) is 5.70. The Morgan fingerprint density at radius 2 is 1.57 bits per heavy atom. The molecule has 1 N–H and O–H groups in total. The maximum absolute atomic E-state index is 13.3. The van der Waals surface area contributed by atoms with Gasteiger partial charge in [0.05, 0.1) is 17.3 Å². The first kappa shape index (κ1) is 26.1. The molecule has 1 atom stereocenters. The van der Waals surface area contributed by atoms with Crippen molar-refractivity contribution in [3.05, 3.63) is 107 Å². The Morgan fingerprint density at radius 1 is 0.865 bits per heavy atom. The fourth-order valence-corrected chi connectivity index (χ4v) is 3.97. The summed E-state index contributed by atoms with van der Waals surface area (Å²) >= 11 is 0. The molecular formula is C27H22F6N2O2. The molecule has 0 saturated heterocycles. The van der Waals surface area contributed by atoms with Gasteiger partial charge in [0.15, 0.2) is 6.61 Å². The number of halogens is 6. The van der Waals surface area contributed by atoms with Gasteiger partial charge in [-0.05, 0) is 60.0 Å². The van der Waals surface area contributed by atoms with Crippen molar-refractivity contribution in [3.63, 3.8) is 0 Å². The van der Waals surface area contributed by atoms with Crippen molar-refractivity contribution in [2.75, 3.05) is 18.1 Å². The fraction of sp³-hybridized carbons (Fsp3) is 0.222. The summed E-state index contributed by atoms with van der Waals surface area (Å²) in [5.41, 5.74) is 1.07. The smallest absolute Gasteiger partial charge is 0.422 e. The van der Waals surface area contributed by atoms with Crippen LogP contribution in [0, 0.1) is 0 Å². The van der Waals surface area contributed by atoms with Crippen molar-refractivity contribution in [1.29, 1.82) is 0 Å². The quantitative estimate of drug-likeness (QED) is 0.347. The second-order valence-electron chi connectivity index (χ2n) is 8.38. The lowest BCUT2D eigenvalue weighted by atomic mass is 10.1. The SMILES string of the molecule is O=C1C(NCCc2ccccc2)=C[C@H](c2cccc(OCC(F)(F)F)c2)N1c1ccc(C(F)(F)F)cc1. The normalized spacial score (nSPS) is 16.1. The highest BCUT2D eigenvalue weighted by Gasteiger charge is 2.36. The van der Waals surface area contributed by atoms with E-state index in [4.69, 9.17) is 4.74 Å². The van der Waals surface area contributed by atoms with E-state index in [-0.39, 0.29) is 17.1 Å². The lowest BCUT2D eigenvalue weighted by Crippen LogP contribution is -2.33. The predicted octanol–water partition coefficient (Wildman–Crippen LogP) is 6.45. The summed E-state index contributed by atoms with van der Waals surface area (Å²) in [7, 11) is 0. The summed E-state index contributed by atoms with van der Waals surface area (Å²) in [5, 5.41) is 3.08. The van der Waals surface area contributed by atoms with Gasteiger partial charge in [0.1, 0.15) is 5.75 Å². The molecule has 0 spiro atoms. The van der Waals surface area contributed by atoms with Crippen LogP contribution in [0.1, 0.15) is 22.7 Å². The fourth-order valence-electron chi connectivity index (χ4n) is 3.97. The van der Waals surface area contributed by atoms with Crippen molar-refractivity contribution >= 4 is 11.6 Å². The van der Waals surface area contributed by atoms with Gasteiger partial charge >= 0.3 is 12.4 Å². The summed E-state index contributed by atoms with van der Waals surface area (Å²) in [6.07, 6.45) is -6.84. The van der Waals surface area contributed by atoms with Crippen LogP contribution in [0.2, 0.25) is 0 Å². The third-order valence-electron chi connectivity index (χ3n) is 5.70. The maximum atomic E-state index is 13.3. The second-order valence-corrected chi connectivity index (χ2v) is 8.38. The van der Waals surface area contributed by atoms with Gasteiger partial charge in [0, 0.05) is 12.2 Å². The van der Waals surface area contributed by atoms with Crippen molar-refractivity contribution < 1.29 is 35.9 Å². The van der Waals surface area contributed by atoms with Crippen molar-refractivity contribution in [3.8, 4) is 5.75 Å². The van der Waals surface area contributed by atoms with Gasteiger partial charge in [-0.25, -0.2) is 0 Å². The number of amides is 1. The molecule has 0 aromatic heterocycles. The monoisotopic (exact) mass is 520 g/mol. The van der Waals surface area contributed by atoms with E-state index in [9.17, 15) is 31.1 Å². The van der Waals surface area contributed by atoms with Crippen LogP contribution in [0.15, 0.2) is 90.6 Å². The van der Waals surface area contributed by atoms with Gasteiger partial charge in [-0.3, -0.25) is 9.69 Å². The number of nitrogens with one attached hydrogen (secondary N) is 1. The van der Waals surface area contributed by atoms with Crippen LogP contribution >= 0.6 is 0 Å². The molecule has 0 bridgehead atoms. The zero-order chi connectivity index (χ0) is 26.6. The lowest BCUT2D eigenvalue weighted by Gasteiger charge is -2.26. The zero-order valence-electron chi connectivity index (χ0n) is 19.3. The number of carbonyl (C=O) groups excluding carboxylic acids is 1. The van der Waals surface area contributed by atoms with Gasteiger partial charge in [0.2, 0.25) is 0 Å². The number of anilines is 1. The highest BCUT2D eigenvalue weighted by molar-refractivity contribution is 6.08. The summed E-state index contributed by atoms with van der Waals surface area (Å²) in [6.45, 7) is -1.06. The van der Waals surface area contributed by atoms with E-state index in [2.05, 4.69) is 5.32 Å². The highest BCUT2D eigenvalue weighted by Crippen LogP contribution is 2.38. The van der Waals surface area contributed by atoms with E-state index in [0.29, 0.717) is 18.5 Å². The lowest BCUT2D eigenvalue weighted by molar-refractivity contribution is -0.153. The van der Waals surface area contributed by atoms with Crippen molar-refractivity contribution in [2.24, 2.45) is 0 Å². The Hall–Kier alpha value is -3.95. The molecule has 0 saturated carbocycles. The van der Waals surface area contributed by atoms with Gasteiger partial charge in [-0.15, -0.1) is 0 Å². The molecule has 0 aliphatic carbocycles. The van der Waals surface area contributed by atoms with Gasteiger partial charge in [-0.1, -0.05) is 42.5 Å². The minimum Gasteiger partial charge on any atom is -0.484 e. The van der Waals surface area contributed by atoms with E-state index >= 15 is 0 Å². The molecule has 0 fully saturated rings. The number of benzene rings is 3. The van der Waals surface area contributed by atoms with E-state index in [0.717, 1.165) is 17.7 Å². The molecule has 0 unspecified atom stereocenters. The molecular weight excluding hydrogens is 498 g/mol. The molecule has 3 aromatic carbocycles. The first-order valence-corrected chi connectivity index (χ1v) is 11.3. The summed E-state index contributed by atoms with van der Waals surface area (Å²) in [5.74, 6) is -0.520. The number of alkyl halides is 6. The van der Waals surface area contributed by atoms with E-state index in [1.807, 2.05) is 30.3 Å². The highest BCUT2D eigenvalue weighted by atomic mass is 19.4. The Balaban J connectivity index is 1.61. The summed E-state index contributed by atoms with van der Waals surface area (Å²) < 4.78 is 81.9. The molecule has 10 heteroatoms. The Morgan fingerprint density at radius 3 is 2.22 bits per heavy atom. The molecule has 1 aliphatic rings. The molecule has 0 radical (unpaired) electrons. The van der Waals surface area contributed by atoms with E-state index in [1.165, 1.54) is 35.2 Å². The van der Waals surface area contributed by atoms with Gasteiger partial charge in [-0.2, -0.15) is 26.3 Å². The number of ether oxygens (including phenoxy) is 1. The standard InChI is InChI=1S/C27H22F6N2O2/c28-26(29,30)17-37-22-8-4-7-19(15-22)24-16-23(34-14-13-18-5-2-1-3-6-18)25(36)35(24)21-11-9-20(10-12-21)27(31,32)33/h1-12,15-16,24,34H,13-14,17H2/t24-/m1/s1. The number of rotatable bonds is 8. The number of nitrogens with zero attached hydrogens (tertiary/aromatic N) is 1. The predicted molar refractivity (Wildman–Crippen MR) is 126 cm³/mol. The minimum absolute atomic E-state index is 0.0477. The zero-order valence-corrected chi connectivity index (χ0v) is 19.3. The Bertz CT molecular complexity index is 1250. The van der Waals surface area contributed by atoms with Crippen molar-refractivity contribution in [1.82, 2.24) is 5.32 Å². The van der Waals surface area contributed by atoms with Crippen LogP contribution < -0.4 is 15.0 Å². The topological polar surface area (TPSA) is 41.6 Å². The van der Waals surface area contributed by atoms with Crippen LogP contribution in [-0.4, -0.2) is 25.2 Å². The summed E-state index contributed by atoms with van der Waals surface area (Å²) in [4.78, 5) is 14.6. The molecule has 3 aromatic rings. The Labute approximate surface area is 209 Å². The molecule has 4 nitrogen and oxygen atoms in total. The van der Waals surface area contributed by atoms with Crippen LogP contribution in [-0.2, 0) is 17.4 Å². The molecule has 1 heterocycles. The average Bonchev–Trinajstić information content (AvgIpc) is 3.19.